The lowest BCUT2D eigenvalue weighted by Crippen LogP contribution is -2.15. The number of rotatable bonds is 2. The fourth-order valence-corrected chi connectivity index (χ4v) is 3.09. The molecule has 0 fully saturated rings. The largest absolute Gasteiger partial charge is 0.508 e. The average Bonchev–Trinajstić information content (AvgIpc) is 2.89. The summed E-state index contributed by atoms with van der Waals surface area (Å²) in [6.07, 6.45) is 2.03. The Labute approximate surface area is 123 Å². The van der Waals surface area contributed by atoms with Gasteiger partial charge in [-0.1, -0.05) is 6.07 Å². The van der Waals surface area contributed by atoms with E-state index in [0.717, 1.165) is 30.0 Å². The molecule has 0 radical (unpaired) electrons. The van der Waals surface area contributed by atoms with Crippen molar-refractivity contribution in [3.8, 4) is 17.2 Å². The molecule has 1 aliphatic carbocycles. The van der Waals surface area contributed by atoms with Gasteiger partial charge in [0.05, 0.1) is 6.04 Å². The highest BCUT2D eigenvalue weighted by Gasteiger charge is 2.23. The minimum atomic E-state index is 0.281. The van der Waals surface area contributed by atoms with Crippen LogP contribution in [-0.2, 0) is 6.42 Å². The summed E-state index contributed by atoms with van der Waals surface area (Å²) in [4.78, 5) is 0. The van der Waals surface area contributed by atoms with Crippen LogP contribution < -0.4 is 14.8 Å². The fraction of sp³-hybridized carbons (Fsp3) is 0.294. The van der Waals surface area contributed by atoms with Gasteiger partial charge in [0.2, 0.25) is 0 Å². The van der Waals surface area contributed by atoms with Gasteiger partial charge in [-0.2, -0.15) is 0 Å². The molecular formula is C17H17NO3. The van der Waals surface area contributed by atoms with E-state index >= 15 is 0 Å². The molecule has 1 atom stereocenters. The van der Waals surface area contributed by atoms with Gasteiger partial charge in [-0.05, 0) is 48.2 Å². The van der Waals surface area contributed by atoms with Crippen molar-refractivity contribution >= 4 is 5.69 Å². The number of phenolic OH excluding ortho intramolecular Hbond substituents is 1. The summed E-state index contributed by atoms with van der Waals surface area (Å²) in [6.45, 7) is 1.21. The molecule has 1 heterocycles. The molecule has 2 aromatic carbocycles. The van der Waals surface area contributed by atoms with Gasteiger partial charge in [-0.15, -0.1) is 0 Å². The number of benzene rings is 2. The second-order valence-corrected chi connectivity index (χ2v) is 5.48. The van der Waals surface area contributed by atoms with Crippen molar-refractivity contribution < 1.29 is 14.6 Å². The summed E-state index contributed by atoms with van der Waals surface area (Å²) >= 11 is 0. The predicted octanol–water partition coefficient (Wildman–Crippen LogP) is 3.26. The van der Waals surface area contributed by atoms with Crippen LogP contribution >= 0.6 is 0 Å². The van der Waals surface area contributed by atoms with Crippen molar-refractivity contribution in [2.24, 2.45) is 0 Å². The van der Waals surface area contributed by atoms with Crippen molar-refractivity contribution in [1.29, 1.82) is 0 Å². The number of hydrogen-bond donors (Lipinski definition) is 2. The Bertz CT molecular complexity index is 684. The summed E-state index contributed by atoms with van der Waals surface area (Å²) in [5.41, 5.74) is 3.53. The number of phenols is 1. The van der Waals surface area contributed by atoms with Gasteiger partial charge in [0.15, 0.2) is 11.5 Å². The monoisotopic (exact) mass is 283 g/mol. The Morgan fingerprint density at radius 2 is 1.86 bits per heavy atom. The van der Waals surface area contributed by atoms with Crippen molar-refractivity contribution in [3.63, 3.8) is 0 Å². The zero-order valence-corrected chi connectivity index (χ0v) is 11.6. The number of aryl methyl sites for hydroxylation is 1. The van der Waals surface area contributed by atoms with Gasteiger partial charge >= 0.3 is 0 Å². The van der Waals surface area contributed by atoms with Crippen molar-refractivity contribution in [2.75, 3.05) is 18.5 Å². The quantitative estimate of drug-likeness (QED) is 0.888. The number of aromatic hydroxyl groups is 1. The molecule has 0 spiro atoms. The topological polar surface area (TPSA) is 50.7 Å². The SMILES string of the molecule is Oc1ccc2c(c1)CCC2Nc1ccc2c(c1)OCCO2. The zero-order chi connectivity index (χ0) is 14.2. The van der Waals surface area contributed by atoms with E-state index in [1.165, 1.54) is 11.1 Å². The van der Waals surface area contributed by atoms with Gasteiger partial charge in [0, 0.05) is 11.8 Å². The molecule has 0 aromatic heterocycles. The van der Waals surface area contributed by atoms with Gasteiger partial charge in [0.25, 0.3) is 0 Å². The minimum Gasteiger partial charge on any atom is -0.508 e. The molecule has 21 heavy (non-hydrogen) atoms. The first kappa shape index (κ1) is 12.4. The van der Waals surface area contributed by atoms with E-state index in [4.69, 9.17) is 9.47 Å². The number of ether oxygens (including phenoxy) is 2. The molecular weight excluding hydrogens is 266 g/mol. The van der Waals surface area contributed by atoms with E-state index in [1.54, 1.807) is 6.07 Å². The van der Waals surface area contributed by atoms with Gasteiger partial charge in [-0.25, -0.2) is 0 Å². The maximum absolute atomic E-state index is 9.55. The van der Waals surface area contributed by atoms with Crippen LogP contribution in [0.1, 0.15) is 23.6 Å². The third-order valence-electron chi connectivity index (χ3n) is 4.09. The first-order valence-corrected chi connectivity index (χ1v) is 7.27. The van der Waals surface area contributed by atoms with Crippen LogP contribution in [0, 0.1) is 0 Å². The van der Waals surface area contributed by atoms with E-state index in [1.807, 2.05) is 30.3 Å². The maximum Gasteiger partial charge on any atom is 0.163 e. The molecule has 0 bridgehead atoms. The Morgan fingerprint density at radius 1 is 1.00 bits per heavy atom. The number of nitrogens with one attached hydrogen (secondary N) is 1. The smallest absolute Gasteiger partial charge is 0.163 e. The molecule has 0 amide bonds. The third kappa shape index (κ3) is 2.27. The standard InChI is InChI=1S/C17H17NO3/c19-13-3-4-14-11(9-13)1-5-15(14)18-12-2-6-16-17(10-12)21-8-7-20-16/h2-4,6,9-10,15,18-19H,1,5,7-8H2. The van der Waals surface area contributed by atoms with Crippen LogP contribution in [0.2, 0.25) is 0 Å². The lowest BCUT2D eigenvalue weighted by molar-refractivity contribution is 0.171. The molecule has 0 saturated carbocycles. The second-order valence-electron chi connectivity index (χ2n) is 5.48. The lowest BCUT2D eigenvalue weighted by Gasteiger charge is -2.21. The van der Waals surface area contributed by atoms with Gasteiger partial charge in [0.1, 0.15) is 19.0 Å². The highest BCUT2D eigenvalue weighted by atomic mass is 16.6. The Kier molecular flexibility index (Phi) is 2.88. The summed E-state index contributed by atoms with van der Waals surface area (Å²) in [5.74, 6) is 1.95. The molecule has 1 unspecified atom stereocenters. The van der Waals surface area contributed by atoms with Gasteiger partial charge < -0.3 is 19.9 Å². The molecule has 108 valence electrons. The van der Waals surface area contributed by atoms with Crippen molar-refractivity contribution in [3.05, 3.63) is 47.5 Å². The first-order valence-electron chi connectivity index (χ1n) is 7.27. The van der Waals surface area contributed by atoms with Crippen LogP contribution in [0.4, 0.5) is 5.69 Å². The Hall–Kier alpha value is -2.36. The summed E-state index contributed by atoms with van der Waals surface area (Å²) in [5, 5.41) is 13.1. The van der Waals surface area contributed by atoms with Crippen LogP contribution in [0.25, 0.3) is 0 Å². The Morgan fingerprint density at radius 3 is 2.76 bits per heavy atom. The van der Waals surface area contributed by atoms with E-state index in [9.17, 15) is 5.11 Å². The molecule has 2 N–H and O–H groups in total. The molecule has 2 aliphatic rings. The second kappa shape index (κ2) is 4.88. The van der Waals surface area contributed by atoms with E-state index < -0.39 is 0 Å². The van der Waals surface area contributed by atoms with E-state index in [2.05, 4.69) is 5.32 Å². The van der Waals surface area contributed by atoms with Crippen molar-refractivity contribution in [2.45, 2.75) is 18.9 Å². The highest BCUT2D eigenvalue weighted by Crippen LogP contribution is 2.38. The highest BCUT2D eigenvalue weighted by molar-refractivity contribution is 5.57. The minimum absolute atomic E-state index is 0.281. The number of anilines is 1. The summed E-state index contributed by atoms with van der Waals surface area (Å²) < 4.78 is 11.2. The fourth-order valence-electron chi connectivity index (χ4n) is 3.09. The summed E-state index contributed by atoms with van der Waals surface area (Å²) in [7, 11) is 0. The molecule has 2 aromatic rings. The molecule has 4 rings (SSSR count). The maximum atomic E-state index is 9.55. The van der Waals surface area contributed by atoms with Crippen LogP contribution in [0.3, 0.4) is 0 Å². The molecule has 4 heteroatoms. The molecule has 4 nitrogen and oxygen atoms in total. The zero-order valence-electron chi connectivity index (χ0n) is 11.6. The van der Waals surface area contributed by atoms with Crippen LogP contribution in [-0.4, -0.2) is 18.3 Å². The first-order chi connectivity index (χ1) is 10.3. The third-order valence-corrected chi connectivity index (χ3v) is 4.09. The number of fused-ring (bicyclic) bond motifs is 2. The molecule has 1 aliphatic heterocycles. The van der Waals surface area contributed by atoms with Crippen LogP contribution in [0.5, 0.6) is 17.2 Å². The normalized spacial score (nSPS) is 19.1. The van der Waals surface area contributed by atoms with Crippen LogP contribution in [0.15, 0.2) is 36.4 Å². The molecule has 0 saturated heterocycles. The van der Waals surface area contributed by atoms with E-state index in [-0.39, 0.29) is 6.04 Å². The average molecular weight is 283 g/mol. The summed E-state index contributed by atoms with van der Waals surface area (Å²) in [6, 6.07) is 11.9. The van der Waals surface area contributed by atoms with E-state index in [0.29, 0.717) is 19.0 Å². The number of hydrogen-bond acceptors (Lipinski definition) is 4. The van der Waals surface area contributed by atoms with Crippen molar-refractivity contribution in [1.82, 2.24) is 0 Å². The predicted molar refractivity (Wildman–Crippen MR) is 80.2 cm³/mol. The Balaban J connectivity index is 1.58. The van der Waals surface area contributed by atoms with Gasteiger partial charge in [-0.3, -0.25) is 0 Å². The lowest BCUT2D eigenvalue weighted by atomic mass is 10.1.